The molecule has 1 aromatic heterocycles. The van der Waals surface area contributed by atoms with Crippen LogP contribution in [0.1, 0.15) is 23.6 Å². The number of hydrogen-bond donors (Lipinski definition) is 0. The first kappa shape index (κ1) is 25.1. The van der Waals surface area contributed by atoms with Gasteiger partial charge >= 0.3 is 0 Å². The molecule has 5 rings (SSSR count). The van der Waals surface area contributed by atoms with Crippen LogP contribution in [0.5, 0.6) is 5.75 Å². The van der Waals surface area contributed by atoms with Crippen LogP contribution in [-0.2, 0) is 17.8 Å². The molecule has 1 saturated heterocycles. The zero-order chi connectivity index (χ0) is 25.9. The summed E-state index contributed by atoms with van der Waals surface area (Å²) in [5, 5.41) is 0.950. The molecular weight excluding hydrogens is 511 g/mol. The summed E-state index contributed by atoms with van der Waals surface area (Å²) in [6.45, 7) is 2.66. The average molecular weight is 535 g/mol. The van der Waals surface area contributed by atoms with E-state index in [2.05, 4.69) is 6.92 Å². The van der Waals surface area contributed by atoms with Gasteiger partial charge in [-0.15, -0.1) is 0 Å². The third kappa shape index (κ3) is 5.15. The number of rotatable bonds is 8. The van der Waals surface area contributed by atoms with Crippen molar-refractivity contribution in [3.63, 3.8) is 0 Å². The van der Waals surface area contributed by atoms with Crippen LogP contribution in [0.3, 0.4) is 0 Å². The van der Waals surface area contributed by atoms with Crippen molar-refractivity contribution in [3.8, 4) is 5.75 Å². The Balaban J connectivity index is 1.44. The molecule has 2 heterocycles. The van der Waals surface area contributed by atoms with Crippen molar-refractivity contribution in [1.29, 1.82) is 0 Å². The van der Waals surface area contributed by atoms with E-state index in [4.69, 9.17) is 16.3 Å². The summed E-state index contributed by atoms with van der Waals surface area (Å²) in [5.74, 6) is -0.0421. The number of hydrogen-bond acceptors (Lipinski definition) is 4. The van der Waals surface area contributed by atoms with Gasteiger partial charge in [0.15, 0.2) is 0 Å². The van der Waals surface area contributed by atoms with E-state index in [1.165, 1.54) is 11.0 Å². The molecule has 188 valence electrons. The van der Waals surface area contributed by atoms with Crippen molar-refractivity contribution in [2.75, 3.05) is 13.2 Å². The fourth-order valence-electron chi connectivity index (χ4n) is 4.45. The monoisotopic (exact) mass is 534 g/mol. The lowest BCUT2D eigenvalue weighted by Crippen LogP contribution is -2.32. The summed E-state index contributed by atoms with van der Waals surface area (Å²) in [7, 11) is 0. The maximum Gasteiger partial charge on any atom is 0.293 e. The van der Waals surface area contributed by atoms with Gasteiger partial charge in [0.05, 0.1) is 23.5 Å². The number of thioether (sulfide) groups is 1. The van der Waals surface area contributed by atoms with Gasteiger partial charge in [-0.1, -0.05) is 61.0 Å². The second-order valence-electron chi connectivity index (χ2n) is 8.57. The van der Waals surface area contributed by atoms with Crippen molar-refractivity contribution in [3.05, 3.63) is 105 Å². The first-order chi connectivity index (χ1) is 18.0. The third-order valence-electron chi connectivity index (χ3n) is 6.27. The Labute approximate surface area is 223 Å². The maximum atomic E-state index is 14.6. The summed E-state index contributed by atoms with van der Waals surface area (Å²) in [6.07, 6.45) is 4.41. The number of carbonyl (C=O) groups is 2. The number of aryl methyl sites for hydroxylation is 1. The number of carbonyl (C=O) groups excluding carboxylic acids is 2. The highest BCUT2D eigenvalue weighted by Gasteiger charge is 2.35. The van der Waals surface area contributed by atoms with Crippen molar-refractivity contribution >= 4 is 51.5 Å². The summed E-state index contributed by atoms with van der Waals surface area (Å²) >= 11 is 7.23. The lowest BCUT2D eigenvalue weighted by molar-refractivity contribution is -0.123. The minimum absolute atomic E-state index is 0.157. The highest BCUT2D eigenvalue weighted by molar-refractivity contribution is 8.18. The van der Waals surface area contributed by atoms with Gasteiger partial charge in [-0.2, -0.15) is 0 Å². The largest absolute Gasteiger partial charge is 0.492 e. The molecule has 0 unspecified atom stereocenters. The molecule has 0 radical (unpaired) electrons. The van der Waals surface area contributed by atoms with Crippen LogP contribution in [0.15, 0.2) is 77.8 Å². The van der Waals surface area contributed by atoms with E-state index in [-0.39, 0.29) is 36.7 Å². The van der Waals surface area contributed by atoms with E-state index in [1.54, 1.807) is 18.2 Å². The summed E-state index contributed by atoms with van der Waals surface area (Å²) in [4.78, 5) is 27.3. The van der Waals surface area contributed by atoms with E-state index >= 15 is 0 Å². The molecule has 8 heteroatoms. The van der Waals surface area contributed by atoms with Crippen LogP contribution in [0.4, 0.5) is 9.18 Å². The first-order valence-corrected chi connectivity index (χ1v) is 13.1. The highest BCUT2D eigenvalue weighted by atomic mass is 35.5. The SMILES string of the molecule is CCc1cccc2c(/C=C3\SC(=O)N(CCOc4ccccc4)C3=O)cn(Cc3c(F)cccc3Cl)c12. The molecule has 5 nitrogen and oxygen atoms in total. The number of ether oxygens (including phenoxy) is 1. The zero-order valence-electron chi connectivity index (χ0n) is 20.1. The predicted octanol–water partition coefficient (Wildman–Crippen LogP) is 7.16. The lowest BCUT2D eigenvalue weighted by atomic mass is 10.1. The Morgan fingerprint density at radius 2 is 1.81 bits per heavy atom. The van der Waals surface area contributed by atoms with Gasteiger partial charge in [-0.3, -0.25) is 14.5 Å². The minimum atomic E-state index is -0.372. The number of nitrogens with zero attached hydrogens (tertiary/aromatic N) is 2. The van der Waals surface area contributed by atoms with Gasteiger partial charge in [0.2, 0.25) is 0 Å². The number of amides is 2. The van der Waals surface area contributed by atoms with Gasteiger partial charge in [0, 0.05) is 27.7 Å². The molecule has 1 aliphatic rings. The van der Waals surface area contributed by atoms with E-state index in [9.17, 15) is 14.0 Å². The molecular formula is C29H24ClFN2O3S. The molecule has 37 heavy (non-hydrogen) atoms. The van der Waals surface area contributed by atoms with Crippen molar-refractivity contribution in [1.82, 2.24) is 9.47 Å². The van der Waals surface area contributed by atoms with Gasteiger partial charge in [0.25, 0.3) is 11.1 Å². The van der Waals surface area contributed by atoms with E-state index in [0.29, 0.717) is 21.2 Å². The molecule has 3 aromatic carbocycles. The van der Waals surface area contributed by atoms with E-state index in [1.807, 2.05) is 59.3 Å². The van der Waals surface area contributed by atoms with Gasteiger partial charge in [-0.25, -0.2) is 4.39 Å². The number of imide groups is 1. The van der Waals surface area contributed by atoms with Crippen molar-refractivity contribution in [2.45, 2.75) is 19.9 Å². The quantitative estimate of drug-likeness (QED) is 0.225. The molecule has 1 aliphatic heterocycles. The summed E-state index contributed by atoms with van der Waals surface area (Å²) in [6, 6.07) is 19.9. The predicted molar refractivity (Wildman–Crippen MR) is 146 cm³/mol. The fraction of sp³-hybridized carbons (Fsp3) is 0.172. The number of fused-ring (bicyclic) bond motifs is 1. The molecule has 4 aromatic rings. The van der Waals surface area contributed by atoms with Crippen LogP contribution < -0.4 is 4.74 Å². The Morgan fingerprint density at radius 3 is 2.57 bits per heavy atom. The Hall–Kier alpha value is -3.55. The number of aromatic nitrogens is 1. The second kappa shape index (κ2) is 10.8. The molecule has 0 spiro atoms. The normalized spacial score (nSPS) is 14.8. The standard InChI is InChI=1S/C29H24ClFN2O3S/c1-2-19-8-6-11-22-20(17-32(27(19)22)18-23-24(30)12-7-13-25(23)31)16-26-28(34)33(29(35)37-26)14-15-36-21-9-4-3-5-10-21/h3-13,16-17H,2,14-15,18H2,1H3/b26-16-. The average Bonchev–Trinajstić information content (AvgIpc) is 3.38. The Bertz CT molecular complexity index is 1500. The molecule has 0 N–H and O–H groups in total. The minimum Gasteiger partial charge on any atom is -0.492 e. The number of benzene rings is 3. The van der Waals surface area contributed by atoms with Crippen LogP contribution >= 0.6 is 23.4 Å². The first-order valence-electron chi connectivity index (χ1n) is 11.9. The third-order valence-corrected chi connectivity index (χ3v) is 7.53. The van der Waals surface area contributed by atoms with E-state index in [0.717, 1.165) is 40.2 Å². The lowest BCUT2D eigenvalue weighted by Gasteiger charge is -2.13. The molecule has 0 bridgehead atoms. The summed E-state index contributed by atoms with van der Waals surface area (Å²) < 4.78 is 22.2. The van der Waals surface area contributed by atoms with Crippen LogP contribution in [0.25, 0.3) is 17.0 Å². The Kier molecular flexibility index (Phi) is 7.35. The van der Waals surface area contributed by atoms with Crippen LogP contribution in [-0.4, -0.2) is 33.8 Å². The highest BCUT2D eigenvalue weighted by Crippen LogP contribution is 2.35. The van der Waals surface area contributed by atoms with Gasteiger partial charge in [-0.05, 0) is 54.1 Å². The fourth-order valence-corrected chi connectivity index (χ4v) is 5.53. The van der Waals surface area contributed by atoms with Crippen LogP contribution in [0, 0.1) is 5.82 Å². The second-order valence-corrected chi connectivity index (χ2v) is 9.97. The van der Waals surface area contributed by atoms with Gasteiger partial charge in [0.1, 0.15) is 18.2 Å². The van der Waals surface area contributed by atoms with E-state index < -0.39 is 0 Å². The van der Waals surface area contributed by atoms with Gasteiger partial charge < -0.3 is 9.30 Å². The van der Waals surface area contributed by atoms with Crippen LogP contribution in [0.2, 0.25) is 5.02 Å². The Morgan fingerprint density at radius 1 is 1.03 bits per heavy atom. The molecule has 0 saturated carbocycles. The smallest absolute Gasteiger partial charge is 0.293 e. The maximum absolute atomic E-state index is 14.6. The molecule has 0 atom stereocenters. The van der Waals surface area contributed by atoms with Crippen molar-refractivity contribution < 1.29 is 18.7 Å². The topological polar surface area (TPSA) is 51.5 Å². The summed E-state index contributed by atoms with van der Waals surface area (Å²) in [5.41, 5.74) is 3.22. The number of halogens is 2. The zero-order valence-corrected chi connectivity index (χ0v) is 21.7. The number of para-hydroxylation sites is 2. The van der Waals surface area contributed by atoms with Crippen molar-refractivity contribution in [2.24, 2.45) is 0 Å². The molecule has 0 aliphatic carbocycles. The molecule has 2 amide bonds. The molecule has 1 fully saturated rings.